The average Bonchev–Trinajstić information content (AvgIpc) is 3.06. The Hall–Kier alpha value is -2.66. The molecule has 140 valence electrons. The van der Waals surface area contributed by atoms with Crippen molar-refractivity contribution in [2.24, 2.45) is 5.92 Å². The number of hydrogen-bond acceptors (Lipinski definition) is 3. The summed E-state index contributed by atoms with van der Waals surface area (Å²) in [6, 6.07) is 16.0. The maximum atomic E-state index is 12.6. The molecule has 2 heterocycles. The molecule has 0 bridgehead atoms. The molecule has 0 amide bonds. The Morgan fingerprint density at radius 2 is 1.89 bits per heavy atom. The van der Waals surface area contributed by atoms with E-state index in [1.54, 1.807) is 18.2 Å². The zero-order chi connectivity index (χ0) is 18.6. The van der Waals surface area contributed by atoms with Crippen molar-refractivity contribution in [1.29, 1.82) is 0 Å². The van der Waals surface area contributed by atoms with Crippen LogP contribution in [0.3, 0.4) is 0 Å². The van der Waals surface area contributed by atoms with E-state index in [0.29, 0.717) is 23.4 Å². The second-order valence-electron chi connectivity index (χ2n) is 7.51. The van der Waals surface area contributed by atoms with E-state index in [0.717, 1.165) is 31.6 Å². The zero-order valence-electron chi connectivity index (χ0n) is 15.4. The van der Waals surface area contributed by atoms with Crippen molar-refractivity contribution < 1.29 is 4.79 Å². The topological polar surface area (TPSA) is 69.0 Å². The van der Waals surface area contributed by atoms with Crippen molar-refractivity contribution >= 4 is 16.8 Å². The summed E-state index contributed by atoms with van der Waals surface area (Å²) in [6.07, 6.45) is 4.08. The van der Waals surface area contributed by atoms with Crippen molar-refractivity contribution in [3.8, 4) is 0 Å². The molecule has 1 aliphatic heterocycles. The van der Waals surface area contributed by atoms with Gasteiger partial charge in [0.25, 0.3) is 0 Å². The number of nitrogens with zero attached hydrogens (tertiary/aromatic N) is 1. The molecule has 4 rings (SSSR count). The van der Waals surface area contributed by atoms with E-state index in [1.165, 1.54) is 18.4 Å². The van der Waals surface area contributed by atoms with E-state index >= 15 is 0 Å². The lowest BCUT2D eigenvalue weighted by atomic mass is 9.91. The van der Waals surface area contributed by atoms with E-state index < -0.39 is 0 Å². The highest BCUT2D eigenvalue weighted by atomic mass is 16.1. The Kier molecular flexibility index (Phi) is 5.21. The van der Waals surface area contributed by atoms with Crippen molar-refractivity contribution in [3.63, 3.8) is 0 Å². The van der Waals surface area contributed by atoms with Crippen molar-refractivity contribution in [1.82, 2.24) is 14.9 Å². The molecule has 0 saturated carbocycles. The maximum absolute atomic E-state index is 12.6. The lowest BCUT2D eigenvalue weighted by Crippen LogP contribution is -2.37. The third-order valence-electron chi connectivity index (χ3n) is 5.46. The van der Waals surface area contributed by atoms with Gasteiger partial charge in [-0.25, -0.2) is 4.79 Å². The Bertz CT molecular complexity index is 974. The molecule has 0 radical (unpaired) electrons. The van der Waals surface area contributed by atoms with Gasteiger partial charge in [0.1, 0.15) is 0 Å². The first kappa shape index (κ1) is 17.7. The van der Waals surface area contributed by atoms with Crippen LogP contribution in [0.1, 0.15) is 35.2 Å². The summed E-state index contributed by atoms with van der Waals surface area (Å²) < 4.78 is 0. The minimum Gasteiger partial charge on any atom is -0.306 e. The Balaban J connectivity index is 1.33. The molecule has 1 aliphatic rings. The van der Waals surface area contributed by atoms with Crippen molar-refractivity contribution in [3.05, 3.63) is 70.1 Å². The summed E-state index contributed by atoms with van der Waals surface area (Å²) in [5.74, 6) is 0.793. The number of fused-ring (bicyclic) bond motifs is 1. The number of benzene rings is 2. The lowest BCUT2D eigenvalue weighted by molar-refractivity contribution is 0.0946. The normalized spacial score (nSPS) is 18.0. The van der Waals surface area contributed by atoms with Gasteiger partial charge in [0, 0.05) is 25.1 Å². The Labute approximate surface area is 158 Å². The monoisotopic (exact) mass is 363 g/mol. The summed E-state index contributed by atoms with van der Waals surface area (Å²) in [7, 11) is 0. The molecule has 5 heteroatoms. The fourth-order valence-corrected chi connectivity index (χ4v) is 4.08. The molecule has 2 aromatic carbocycles. The summed E-state index contributed by atoms with van der Waals surface area (Å²) in [6.45, 7) is 2.93. The second-order valence-corrected chi connectivity index (χ2v) is 7.51. The number of carbonyl (C=O) groups is 1. The zero-order valence-corrected chi connectivity index (χ0v) is 15.4. The SMILES string of the molecule is O=C(CCN1CCCC(Cc2ccccc2)C1)c1ccc2[nH]c(=O)[nH]c2c1. The van der Waals surface area contributed by atoms with Gasteiger partial charge >= 0.3 is 5.69 Å². The average molecular weight is 363 g/mol. The van der Waals surface area contributed by atoms with Crippen molar-refractivity contribution in [2.45, 2.75) is 25.7 Å². The molecule has 3 aromatic rings. The molecular formula is C22H25N3O2. The van der Waals surface area contributed by atoms with Gasteiger partial charge in [-0.1, -0.05) is 30.3 Å². The molecule has 0 aliphatic carbocycles. The van der Waals surface area contributed by atoms with Gasteiger partial charge in [-0.3, -0.25) is 4.79 Å². The first-order valence-electron chi connectivity index (χ1n) is 9.69. The molecule has 5 nitrogen and oxygen atoms in total. The molecule has 1 saturated heterocycles. The van der Waals surface area contributed by atoms with Gasteiger partial charge in [-0.15, -0.1) is 0 Å². The van der Waals surface area contributed by atoms with Crippen molar-refractivity contribution in [2.75, 3.05) is 19.6 Å². The highest BCUT2D eigenvalue weighted by Gasteiger charge is 2.21. The number of piperidine rings is 1. The van der Waals surface area contributed by atoms with Crippen LogP contribution in [0.2, 0.25) is 0 Å². The summed E-state index contributed by atoms with van der Waals surface area (Å²) in [5, 5.41) is 0. The molecule has 1 unspecified atom stereocenters. The van der Waals surface area contributed by atoms with Crippen LogP contribution < -0.4 is 5.69 Å². The second kappa shape index (κ2) is 7.92. The van der Waals surface area contributed by atoms with E-state index in [-0.39, 0.29) is 11.5 Å². The molecule has 2 N–H and O–H groups in total. The number of H-pyrrole nitrogens is 2. The quantitative estimate of drug-likeness (QED) is 0.660. The van der Waals surface area contributed by atoms with Crippen LogP contribution in [0.4, 0.5) is 0 Å². The van der Waals surface area contributed by atoms with E-state index in [1.807, 2.05) is 0 Å². The van der Waals surface area contributed by atoms with Gasteiger partial charge in [-0.05, 0) is 55.5 Å². The van der Waals surface area contributed by atoms with Crippen LogP contribution in [-0.2, 0) is 6.42 Å². The standard InChI is InChI=1S/C22H25N3O2/c26-21(18-8-9-19-20(14-18)24-22(27)23-19)10-12-25-11-4-7-17(15-25)13-16-5-2-1-3-6-16/h1-3,5-6,8-9,14,17H,4,7,10-13,15H2,(H2,23,24,27). The smallest absolute Gasteiger partial charge is 0.306 e. The van der Waals surface area contributed by atoms with Crippen LogP contribution >= 0.6 is 0 Å². The van der Waals surface area contributed by atoms with Crippen LogP contribution in [0, 0.1) is 5.92 Å². The fraction of sp³-hybridized carbons (Fsp3) is 0.364. The number of Topliss-reactive ketones (excluding diaryl/α,β-unsaturated/α-hetero) is 1. The third-order valence-corrected chi connectivity index (χ3v) is 5.46. The fourth-order valence-electron chi connectivity index (χ4n) is 4.08. The minimum atomic E-state index is -0.243. The predicted octanol–water partition coefficient (Wildman–Crippen LogP) is 3.38. The third kappa shape index (κ3) is 4.37. The number of likely N-dealkylation sites (tertiary alicyclic amines) is 1. The van der Waals surface area contributed by atoms with Gasteiger partial charge in [-0.2, -0.15) is 0 Å². The highest BCUT2D eigenvalue weighted by Crippen LogP contribution is 2.21. The van der Waals surface area contributed by atoms with E-state index in [9.17, 15) is 9.59 Å². The van der Waals surface area contributed by atoms with Gasteiger partial charge in [0.2, 0.25) is 0 Å². The Morgan fingerprint density at radius 3 is 2.74 bits per heavy atom. The summed E-state index contributed by atoms with van der Waals surface area (Å²) in [5.41, 5.74) is 3.24. The molecule has 1 atom stereocenters. The first-order chi connectivity index (χ1) is 13.2. The highest BCUT2D eigenvalue weighted by molar-refractivity contribution is 5.98. The van der Waals surface area contributed by atoms with Crippen LogP contribution in [0.25, 0.3) is 11.0 Å². The number of aromatic amines is 2. The number of rotatable bonds is 6. The van der Waals surface area contributed by atoms with Crippen LogP contribution in [0.5, 0.6) is 0 Å². The number of imidazole rings is 1. The minimum absolute atomic E-state index is 0.129. The van der Waals surface area contributed by atoms with Crippen LogP contribution in [-0.4, -0.2) is 40.3 Å². The van der Waals surface area contributed by atoms with Crippen LogP contribution in [0.15, 0.2) is 53.3 Å². The summed E-state index contributed by atoms with van der Waals surface area (Å²) >= 11 is 0. The molecule has 1 aromatic heterocycles. The molecule has 1 fully saturated rings. The number of carbonyl (C=O) groups excluding carboxylic acids is 1. The summed E-state index contributed by atoms with van der Waals surface area (Å²) in [4.78, 5) is 31.8. The lowest BCUT2D eigenvalue weighted by Gasteiger charge is -2.32. The molecule has 0 spiro atoms. The Morgan fingerprint density at radius 1 is 1.07 bits per heavy atom. The van der Waals surface area contributed by atoms with E-state index in [4.69, 9.17) is 0 Å². The predicted molar refractivity (Wildman–Crippen MR) is 107 cm³/mol. The largest absolute Gasteiger partial charge is 0.323 e. The van der Waals surface area contributed by atoms with E-state index in [2.05, 4.69) is 45.2 Å². The number of aromatic nitrogens is 2. The van der Waals surface area contributed by atoms with Gasteiger partial charge in [0.05, 0.1) is 11.0 Å². The first-order valence-corrected chi connectivity index (χ1v) is 9.69. The van der Waals surface area contributed by atoms with Gasteiger partial charge in [0.15, 0.2) is 5.78 Å². The number of hydrogen-bond donors (Lipinski definition) is 2. The number of ketones is 1. The maximum Gasteiger partial charge on any atom is 0.323 e. The molecule has 27 heavy (non-hydrogen) atoms. The number of nitrogens with one attached hydrogen (secondary N) is 2. The van der Waals surface area contributed by atoms with Gasteiger partial charge < -0.3 is 14.9 Å². The molecular weight excluding hydrogens is 338 g/mol.